The first-order chi connectivity index (χ1) is 8.82. The first kappa shape index (κ1) is 18.5. The Morgan fingerprint density at radius 3 is 2.05 bits per heavy atom. The van der Waals surface area contributed by atoms with Crippen LogP contribution in [0.25, 0.3) is 0 Å². The van der Waals surface area contributed by atoms with Gasteiger partial charge in [-0.15, -0.1) is 0 Å². The molecule has 0 rings (SSSR count). The molecular formula is C13H22BNO5. The second-order valence-corrected chi connectivity index (χ2v) is 6.09. The third kappa shape index (κ3) is 8.55. The Morgan fingerprint density at radius 2 is 1.65 bits per heavy atom. The monoisotopic (exact) mass is 283 g/mol. The summed E-state index contributed by atoms with van der Waals surface area (Å²) >= 11 is 0. The Kier molecular flexibility index (Phi) is 6.25. The Morgan fingerprint density at radius 1 is 1.15 bits per heavy atom. The van der Waals surface area contributed by atoms with Gasteiger partial charge in [-0.05, 0) is 20.3 Å². The molecule has 0 bridgehead atoms. The molecule has 112 valence electrons. The van der Waals surface area contributed by atoms with E-state index in [-0.39, 0.29) is 0 Å². The Labute approximate surface area is 121 Å². The number of amides is 1. The minimum atomic E-state index is -1.11. The lowest BCUT2D eigenvalue weighted by Crippen LogP contribution is -2.48. The van der Waals surface area contributed by atoms with Crippen LogP contribution in [0, 0.1) is 0 Å². The molecule has 0 aliphatic heterocycles. The van der Waals surface area contributed by atoms with Gasteiger partial charge in [0.05, 0.1) is 7.85 Å². The highest BCUT2D eigenvalue weighted by Crippen LogP contribution is 2.30. The predicted molar refractivity (Wildman–Crippen MR) is 74.0 cm³/mol. The molecule has 0 aromatic carbocycles. The van der Waals surface area contributed by atoms with Gasteiger partial charge in [-0.2, -0.15) is 0 Å². The van der Waals surface area contributed by atoms with Gasteiger partial charge in [0.2, 0.25) is 6.29 Å². The second kappa shape index (κ2) is 6.77. The van der Waals surface area contributed by atoms with Crippen LogP contribution < -0.4 is 5.32 Å². The minimum absolute atomic E-state index is 0.471. The van der Waals surface area contributed by atoms with Gasteiger partial charge in [0.25, 0.3) is 0 Å². The molecule has 6 nitrogen and oxygen atoms in total. The number of rotatable bonds is 5. The summed E-state index contributed by atoms with van der Waals surface area (Å²) in [7, 11) is 5.88. The molecule has 7 heteroatoms. The van der Waals surface area contributed by atoms with E-state index in [2.05, 4.69) is 14.8 Å². The van der Waals surface area contributed by atoms with Crippen LogP contribution in [0.1, 0.15) is 48.0 Å². The normalized spacial score (nSPS) is 13.3. The summed E-state index contributed by atoms with van der Waals surface area (Å²) in [6.45, 7) is 9.67. The van der Waals surface area contributed by atoms with E-state index >= 15 is 0 Å². The molecule has 0 heterocycles. The van der Waals surface area contributed by atoms with Crippen molar-refractivity contribution in [3.05, 3.63) is 0 Å². The van der Waals surface area contributed by atoms with E-state index in [0.717, 1.165) is 0 Å². The molecule has 0 spiro atoms. The highest BCUT2D eigenvalue weighted by molar-refractivity contribution is 6.32. The third-order valence-corrected chi connectivity index (χ3v) is 2.14. The van der Waals surface area contributed by atoms with Crippen LogP contribution >= 0.6 is 0 Å². The van der Waals surface area contributed by atoms with E-state index in [1.54, 1.807) is 13.8 Å². The van der Waals surface area contributed by atoms with Crippen LogP contribution in [0.2, 0.25) is 5.31 Å². The summed E-state index contributed by atoms with van der Waals surface area (Å²) < 4.78 is 9.27. The standard InChI is InChI=1S/C13H22BNO5/c1-8(16)19-9(2)20-11(18)10(17)15-13(5,6)7-12(3,4)14/h9H,7H2,1-6H3,(H,15,17). The lowest BCUT2D eigenvalue weighted by Gasteiger charge is -2.33. The van der Waals surface area contributed by atoms with Gasteiger partial charge in [-0.3, -0.25) is 9.59 Å². The topological polar surface area (TPSA) is 81.7 Å². The Bertz CT molecular complexity index is 387. The zero-order chi connectivity index (χ0) is 16.1. The molecule has 0 aliphatic rings. The number of nitrogens with one attached hydrogen (secondary N) is 1. The van der Waals surface area contributed by atoms with Crippen molar-refractivity contribution in [2.24, 2.45) is 0 Å². The van der Waals surface area contributed by atoms with Crippen LogP contribution in [0.4, 0.5) is 0 Å². The zero-order valence-electron chi connectivity index (χ0n) is 12.9. The molecule has 0 saturated heterocycles. The summed E-state index contributed by atoms with van der Waals surface area (Å²) in [6.07, 6.45) is -0.641. The predicted octanol–water partition coefficient (Wildman–Crippen LogP) is 1.09. The molecule has 0 aromatic rings. The summed E-state index contributed by atoms with van der Waals surface area (Å²) in [4.78, 5) is 33.9. The second-order valence-electron chi connectivity index (χ2n) is 6.09. The van der Waals surface area contributed by atoms with Crippen LogP contribution in [-0.2, 0) is 23.9 Å². The van der Waals surface area contributed by atoms with Crippen molar-refractivity contribution in [3.63, 3.8) is 0 Å². The smallest absolute Gasteiger partial charge is 0.399 e. The van der Waals surface area contributed by atoms with E-state index in [4.69, 9.17) is 7.85 Å². The van der Waals surface area contributed by atoms with E-state index in [1.807, 2.05) is 13.8 Å². The van der Waals surface area contributed by atoms with Crippen LogP contribution in [0.5, 0.6) is 0 Å². The first-order valence-electron chi connectivity index (χ1n) is 6.32. The van der Waals surface area contributed by atoms with Gasteiger partial charge < -0.3 is 14.8 Å². The molecule has 1 N–H and O–H groups in total. The molecule has 1 amide bonds. The maximum atomic E-state index is 11.7. The molecule has 0 aliphatic carbocycles. The van der Waals surface area contributed by atoms with Gasteiger partial charge in [-0.1, -0.05) is 19.2 Å². The fourth-order valence-electron chi connectivity index (χ4n) is 2.00. The molecule has 2 radical (unpaired) electrons. The number of hydrogen-bond donors (Lipinski definition) is 1. The summed E-state index contributed by atoms with van der Waals surface area (Å²) in [5, 5.41) is 2.04. The molecule has 0 saturated carbocycles. The van der Waals surface area contributed by atoms with Crippen LogP contribution in [0.3, 0.4) is 0 Å². The highest BCUT2D eigenvalue weighted by Gasteiger charge is 2.30. The SMILES string of the molecule is [B]C(C)(C)CC(C)(C)NC(=O)C(=O)OC(C)OC(C)=O. The fourth-order valence-corrected chi connectivity index (χ4v) is 2.00. The summed E-state index contributed by atoms with van der Waals surface area (Å²) in [6, 6.07) is 0. The molecule has 0 fully saturated rings. The first-order valence-corrected chi connectivity index (χ1v) is 6.32. The van der Waals surface area contributed by atoms with E-state index < -0.39 is 35.0 Å². The van der Waals surface area contributed by atoms with Gasteiger partial charge in [0.15, 0.2) is 0 Å². The zero-order valence-corrected chi connectivity index (χ0v) is 12.9. The average Bonchev–Trinajstić information content (AvgIpc) is 2.10. The Balaban J connectivity index is 4.46. The number of ether oxygens (including phenoxy) is 2. The van der Waals surface area contributed by atoms with Crippen molar-refractivity contribution < 1.29 is 23.9 Å². The van der Waals surface area contributed by atoms with Gasteiger partial charge >= 0.3 is 17.8 Å². The largest absolute Gasteiger partial charge is 0.426 e. The Hall–Kier alpha value is -1.53. The average molecular weight is 283 g/mol. The lowest BCUT2D eigenvalue weighted by atomic mass is 9.66. The van der Waals surface area contributed by atoms with Gasteiger partial charge in [-0.25, -0.2) is 4.79 Å². The fraction of sp³-hybridized carbons (Fsp3) is 0.769. The van der Waals surface area contributed by atoms with Gasteiger partial charge in [0, 0.05) is 19.4 Å². The summed E-state index contributed by atoms with van der Waals surface area (Å²) in [5.41, 5.74) is -0.668. The third-order valence-electron chi connectivity index (χ3n) is 2.14. The quantitative estimate of drug-likeness (QED) is 0.353. The number of hydrogen-bond acceptors (Lipinski definition) is 5. The minimum Gasteiger partial charge on any atom is -0.426 e. The van der Waals surface area contributed by atoms with E-state index in [0.29, 0.717) is 6.42 Å². The van der Waals surface area contributed by atoms with Crippen molar-refractivity contribution in [2.45, 2.75) is 65.1 Å². The van der Waals surface area contributed by atoms with Crippen molar-refractivity contribution in [2.75, 3.05) is 0 Å². The number of esters is 2. The van der Waals surface area contributed by atoms with Crippen molar-refractivity contribution >= 4 is 25.7 Å². The van der Waals surface area contributed by atoms with Crippen molar-refractivity contribution in [1.82, 2.24) is 5.32 Å². The maximum Gasteiger partial charge on any atom is 0.399 e. The van der Waals surface area contributed by atoms with Crippen LogP contribution in [-0.4, -0.2) is 37.5 Å². The highest BCUT2D eigenvalue weighted by atomic mass is 16.7. The maximum absolute atomic E-state index is 11.7. The molecule has 1 atom stereocenters. The molecule has 20 heavy (non-hydrogen) atoms. The summed E-state index contributed by atoms with van der Waals surface area (Å²) in [5.74, 6) is -2.61. The van der Waals surface area contributed by atoms with E-state index in [9.17, 15) is 14.4 Å². The van der Waals surface area contributed by atoms with Gasteiger partial charge in [0.1, 0.15) is 0 Å². The van der Waals surface area contributed by atoms with Crippen LogP contribution in [0.15, 0.2) is 0 Å². The molecule has 1 unspecified atom stereocenters. The lowest BCUT2D eigenvalue weighted by molar-refractivity contribution is -0.185. The van der Waals surface area contributed by atoms with E-state index in [1.165, 1.54) is 13.8 Å². The van der Waals surface area contributed by atoms with Crippen molar-refractivity contribution in [1.29, 1.82) is 0 Å². The molecule has 0 aromatic heterocycles. The number of carbonyl (C=O) groups excluding carboxylic acids is 3. The number of carbonyl (C=O) groups is 3. The molecular weight excluding hydrogens is 261 g/mol. The van der Waals surface area contributed by atoms with Crippen molar-refractivity contribution in [3.8, 4) is 0 Å².